The van der Waals surface area contributed by atoms with E-state index in [1.54, 1.807) is 12.1 Å². The molecule has 0 unspecified atom stereocenters. The molecule has 0 aliphatic carbocycles. The number of halogens is 1. The normalized spacial score (nSPS) is 13.6. The van der Waals surface area contributed by atoms with Crippen LogP contribution in [0.3, 0.4) is 0 Å². The molecular formula is C25H28ClN3O3S. The number of fused-ring (bicyclic) bond motifs is 1. The zero-order valence-corrected chi connectivity index (χ0v) is 20.6. The number of benzene rings is 2. The Hall–Kier alpha value is -2.61. The van der Waals surface area contributed by atoms with Crippen molar-refractivity contribution < 1.29 is 14.3 Å². The number of amides is 1. The summed E-state index contributed by atoms with van der Waals surface area (Å²) in [5.74, 6) is 0.946. The van der Waals surface area contributed by atoms with Crippen molar-refractivity contribution in [3.05, 3.63) is 69.2 Å². The second-order valence-corrected chi connectivity index (χ2v) is 9.97. The average molecular weight is 486 g/mol. The Kier molecular flexibility index (Phi) is 7.53. The molecule has 8 heteroatoms. The standard InChI is InChI=1S/C25H28ClN3O3S/c1-16(2)15-32-23-19(26)11-18(12-21(23)31-3)24(30)28-25-27-20-9-10-29(14-22(20)33-25)13-17-7-5-4-6-8-17/h4-8,11-12,16H,9-10,13-15H2,1-3H3,(H,27,28,30). The van der Waals surface area contributed by atoms with E-state index in [0.717, 1.165) is 31.7 Å². The van der Waals surface area contributed by atoms with E-state index in [-0.39, 0.29) is 5.91 Å². The van der Waals surface area contributed by atoms with Crippen LogP contribution in [-0.4, -0.2) is 36.1 Å². The maximum absolute atomic E-state index is 12.9. The van der Waals surface area contributed by atoms with Crippen molar-refractivity contribution >= 4 is 34.0 Å². The summed E-state index contributed by atoms with van der Waals surface area (Å²) in [6, 6.07) is 13.7. The first-order valence-electron chi connectivity index (χ1n) is 11.0. The van der Waals surface area contributed by atoms with Gasteiger partial charge in [-0.05, 0) is 23.6 Å². The van der Waals surface area contributed by atoms with Gasteiger partial charge in [0.05, 0.1) is 24.4 Å². The number of aromatic nitrogens is 1. The molecule has 1 aliphatic rings. The monoisotopic (exact) mass is 485 g/mol. The highest BCUT2D eigenvalue weighted by molar-refractivity contribution is 7.15. The molecule has 0 fully saturated rings. The maximum Gasteiger partial charge on any atom is 0.257 e. The number of nitrogens with one attached hydrogen (secondary N) is 1. The van der Waals surface area contributed by atoms with Crippen LogP contribution in [0, 0.1) is 5.92 Å². The predicted molar refractivity (Wildman–Crippen MR) is 133 cm³/mol. The number of ether oxygens (including phenoxy) is 2. The number of hydrogen-bond donors (Lipinski definition) is 1. The minimum Gasteiger partial charge on any atom is -0.493 e. The Morgan fingerprint density at radius 2 is 2.06 bits per heavy atom. The summed E-state index contributed by atoms with van der Waals surface area (Å²) in [5.41, 5.74) is 2.76. The Morgan fingerprint density at radius 1 is 1.27 bits per heavy atom. The van der Waals surface area contributed by atoms with Gasteiger partial charge in [-0.15, -0.1) is 11.3 Å². The maximum atomic E-state index is 12.9. The van der Waals surface area contributed by atoms with Crippen LogP contribution in [0.25, 0.3) is 0 Å². The van der Waals surface area contributed by atoms with Crippen LogP contribution in [0.2, 0.25) is 5.02 Å². The minimum absolute atomic E-state index is 0.280. The molecule has 1 aliphatic heterocycles. The van der Waals surface area contributed by atoms with E-state index in [1.165, 1.54) is 28.9 Å². The van der Waals surface area contributed by atoms with Gasteiger partial charge in [-0.2, -0.15) is 0 Å². The van der Waals surface area contributed by atoms with Crippen molar-refractivity contribution in [1.29, 1.82) is 0 Å². The molecule has 0 atom stereocenters. The third kappa shape index (κ3) is 5.85. The molecule has 0 radical (unpaired) electrons. The number of hydrogen-bond acceptors (Lipinski definition) is 6. The van der Waals surface area contributed by atoms with Crippen LogP contribution >= 0.6 is 22.9 Å². The highest BCUT2D eigenvalue weighted by Gasteiger charge is 2.22. The van der Waals surface area contributed by atoms with Crippen molar-refractivity contribution in [2.24, 2.45) is 5.92 Å². The van der Waals surface area contributed by atoms with E-state index in [1.807, 2.05) is 6.07 Å². The largest absolute Gasteiger partial charge is 0.493 e. The lowest BCUT2D eigenvalue weighted by molar-refractivity contribution is 0.102. The van der Waals surface area contributed by atoms with Crippen LogP contribution in [0.15, 0.2) is 42.5 Å². The van der Waals surface area contributed by atoms with Crippen LogP contribution in [0.1, 0.15) is 40.3 Å². The van der Waals surface area contributed by atoms with Crippen LogP contribution in [0.5, 0.6) is 11.5 Å². The van der Waals surface area contributed by atoms with Gasteiger partial charge in [0.1, 0.15) is 0 Å². The fraction of sp³-hybridized carbons (Fsp3) is 0.360. The van der Waals surface area contributed by atoms with E-state index in [4.69, 9.17) is 21.1 Å². The summed E-state index contributed by atoms with van der Waals surface area (Å²) < 4.78 is 11.2. The van der Waals surface area contributed by atoms with Gasteiger partial charge in [-0.1, -0.05) is 55.8 Å². The number of rotatable bonds is 8. The summed E-state index contributed by atoms with van der Waals surface area (Å²) >= 11 is 7.93. The molecule has 2 heterocycles. The number of carbonyl (C=O) groups is 1. The Morgan fingerprint density at radius 3 is 2.79 bits per heavy atom. The van der Waals surface area contributed by atoms with Crippen LogP contribution < -0.4 is 14.8 Å². The van der Waals surface area contributed by atoms with E-state index >= 15 is 0 Å². The molecule has 2 aromatic carbocycles. The van der Waals surface area contributed by atoms with Gasteiger partial charge < -0.3 is 9.47 Å². The number of anilines is 1. The summed E-state index contributed by atoms with van der Waals surface area (Å²) in [5, 5.41) is 3.86. The predicted octanol–water partition coefficient (Wildman–Crippen LogP) is 5.65. The number of nitrogens with zero attached hydrogens (tertiary/aromatic N) is 2. The molecule has 0 saturated carbocycles. The molecule has 3 aromatic rings. The molecule has 33 heavy (non-hydrogen) atoms. The lowest BCUT2D eigenvalue weighted by Crippen LogP contribution is -2.29. The van der Waals surface area contributed by atoms with Crippen molar-refractivity contribution in [3.8, 4) is 11.5 Å². The van der Waals surface area contributed by atoms with Crippen molar-refractivity contribution in [3.63, 3.8) is 0 Å². The van der Waals surface area contributed by atoms with Crippen molar-refractivity contribution in [2.45, 2.75) is 33.4 Å². The molecule has 4 rings (SSSR count). The second-order valence-electron chi connectivity index (χ2n) is 8.48. The van der Waals surface area contributed by atoms with E-state index in [0.29, 0.717) is 39.7 Å². The lowest BCUT2D eigenvalue weighted by Gasteiger charge is -2.25. The first-order valence-corrected chi connectivity index (χ1v) is 12.2. The van der Waals surface area contributed by atoms with Crippen molar-refractivity contribution in [2.75, 3.05) is 25.6 Å². The molecular weight excluding hydrogens is 458 g/mol. The fourth-order valence-corrected chi connectivity index (χ4v) is 5.00. The van der Waals surface area contributed by atoms with Gasteiger partial charge in [0, 0.05) is 36.5 Å². The van der Waals surface area contributed by atoms with Crippen molar-refractivity contribution in [1.82, 2.24) is 9.88 Å². The lowest BCUT2D eigenvalue weighted by atomic mass is 10.1. The zero-order valence-electron chi connectivity index (χ0n) is 19.1. The van der Waals surface area contributed by atoms with Gasteiger partial charge in [-0.25, -0.2) is 4.98 Å². The molecule has 1 aromatic heterocycles. The molecule has 1 amide bonds. The Bertz CT molecular complexity index is 1120. The summed E-state index contributed by atoms with van der Waals surface area (Å²) in [6.45, 7) is 7.30. The zero-order chi connectivity index (χ0) is 23.4. The quantitative estimate of drug-likeness (QED) is 0.446. The van der Waals surface area contributed by atoms with Gasteiger partial charge in [-0.3, -0.25) is 15.0 Å². The highest BCUT2D eigenvalue weighted by atomic mass is 35.5. The Labute approximate surface area is 203 Å². The van der Waals surface area contributed by atoms with Gasteiger partial charge in [0.15, 0.2) is 16.6 Å². The third-order valence-electron chi connectivity index (χ3n) is 5.33. The number of methoxy groups -OCH3 is 1. The topological polar surface area (TPSA) is 63.7 Å². The van der Waals surface area contributed by atoms with Crippen LogP contribution in [0.4, 0.5) is 5.13 Å². The fourth-order valence-electron chi connectivity index (χ4n) is 3.69. The Balaban J connectivity index is 1.44. The summed E-state index contributed by atoms with van der Waals surface area (Å²) in [6.07, 6.45) is 0.871. The van der Waals surface area contributed by atoms with Gasteiger partial charge in [0.25, 0.3) is 5.91 Å². The van der Waals surface area contributed by atoms with Gasteiger partial charge >= 0.3 is 0 Å². The molecule has 0 bridgehead atoms. The van der Waals surface area contributed by atoms with E-state index in [2.05, 4.69) is 53.3 Å². The highest BCUT2D eigenvalue weighted by Crippen LogP contribution is 2.37. The first kappa shape index (κ1) is 23.5. The van der Waals surface area contributed by atoms with E-state index in [9.17, 15) is 4.79 Å². The molecule has 6 nitrogen and oxygen atoms in total. The smallest absolute Gasteiger partial charge is 0.257 e. The van der Waals surface area contributed by atoms with Crippen LogP contribution in [-0.2, 0) is 19.5 Å². The first-order chi connectivity index (χ1) is 15.9. The average Bonchev–Trinajstić information content (AvgIpc) is 3.19. The van der Waals surface area contributed by atoms with E-state index < -0.39 is 0 Å². The SMILES string of the molecule is COc1cc(C(=O)Nc2nc3c(s2)CN(Cc2ccccc2)CC3)cc(Cl)c1OCC(C)C. The third-order valence-corrected chi connectivity index (χ3v) is 6.61. The number of thiazole rings is 1. The summed E-state index contributed by atoms with van der Waals surface area (Å²) in [4.78, 5) is 21.2. The molecule has 0 spiro atoms. The molecule has 174 valence electrons. The van der Waals surface area contributed by atoms with Gasteiger partial charge in [0.2, 0.25) is 0 Å². The minimum atomic E-state index is -0.280. The molecule has 0 saturated heterocycles. The second kappa shape index (κ2) is 10.5. The summed E-state index contributed by atoms with van der Waals surface area (Å²) in [7, 11) is 1.53. The molecule has 1 N–H and O–H groups in total. The number of carbonyl (C=O) groups excluding carboxylic acids is 1.